The molecule has 4 heterocycles. The van der Waals surface area contributed by atoms with Gasteiger partial charge in [-0.15, -0.1) is 16.7 Å². The highest BCUT2D eigenvalue weighted by Crippen LogP contribution is 2.33. The Kier molecular flexibility index (Phi) is 6.87. The Morgan fingerprint density at radius 1 is 1.41 bits per heavy atom. The van der Waals surface area contributed by atoms with Crippen molar-refractivity contribution < 1.29 is 13.2 Å². The number of hydrogen-bond acceptors (Lipinski definition) is 7. The van der Waals surface area contributed by atoms with Crippen LogP contribution in [0.5, 0.6) is 5.75 Å². The lowest BCUT2D eigenvalue weighted by molar-refractivity contribution is 0.260. The molecule has 0 amide bonds. The monoisotopic (exact) mass is 481 g/mol. The number of aromatic nitrogens is 5. The maximum absolute atomic E-state index is 12.5. The van der Waals surface area contributed by atoms with Crippen LogP contribution >= 0.6 is 11.6 Å². The van der Waals surface area contributed by atoms with Gasteiger partial charge in [-0.05, 0) is 31.7 Å². The van der Waals surface area contributed by atoms with Gasteiger partial charge in [-0.3, -0.25) is 5.10 Å². The Labute approximate surface area is 192 Å². The largest absolute Gasteiger partial charge is 0.489 e. The Hall–Kier alpha value is -2.37. The third kappa shape index (κ3) is 4.69. The molecule has 0 radical (unpaired) electrons. The number of sulfonamides is 1. The number of ether oxygens (including phenoxy) is 1. The van der Waals surface area contributed by atoms with Gasteiger partial charge in [-0.1, -0.05) is 6.92 Å². The summed E-state index contributed by atoms with van der Waals surface area (Å²) < 4.78 is 34.2. The molecule has 2 atom stereocenters. The first kappa shape index (κ1) is 22.8. The molecule has 0 saturated carbocycles. The van der Waals surface area contributed by atoms with E-state index >= 15 is 0 Å². The Bertz CT molecular complexity index is 1150. The lowest BCUT2D eigenvalue weighted by Gasteiger charge is -2.36. The minimum atomic E-state index is -3.27. The van der Waals surface area contributed by atoms with Crippen LogP contribution in [-0.2, 0) is 10.0 Å². The molecule has 4 rings (SSSR count). The molecule has 12 heteroatoms. The number of alkyl halides is 1. The third-order valence-corrected chi connectivity index (χ3v) is 7.86. The van der Waals surface area contributed by atoms with Gasteiger partial charge in [0.25, 0.3) is 0 Å². The SMILES string of the molecule is CCOc1c(-c2cn[nH]c2)ccn2nc(N[C@H]3CCN(S(=O)(=O)CCCCl)C[C@H]3C)nc12. The molecule has 1 aliphatic heterocycles. The summed E-state index contributed by atoms with van der Waals surface area (Å²) in [6.07, 6.45) is 6.52. The lowest BCUT2D eigenvalue weighted by atomic mass is 9.95. The number of halogens is 1. The normalized spacial score (nSPS) is 20.0. The molecular weight excluding hydrogens is 454 g/mol. The van der Waals surface area contributed by atoms with Crippen LogP contribution in [0.1, 0.15) is 26.7 Å². The number of nitrogens with one attached hydrogen (secondary N) is 2. The first-order valence-electron chi connectivity index (χ1n) is 10.7. The van der Waals surface area contributed by atoms with Crippen molar-refractivity contribution in [3.8, 4) is 16.9 Å². The summed E-state index contributed by atoms with van der Waals surface area (Å²) in [6, 6.07) is 1.99. The lowest BCUT2D eigenvalue weighted by Crippen LogP contribution is -2.48. The minimum Gasteiger partial charge on any atom is -0.489 e. The molecule has 3 aromatic heterocycles. The predicted octanol–water partition coefficient (Wildman–Crippen LogP) is 2.60. The van der Waals surface area contributed by atoms with Crippen molar-refractivity contribution in [2.75, 3.05) is 36.6 Å². The van der Waals surface area contributed by atoms with Crippen LogP contribution < -0.4 is 10.1 Å². The predicted molar refractivity (Wildman–Crippen MR) is 124 cm³/mol. The average Bonchev–Trinajstić information content (AvgIpc) is 3.44. The zero-order valence-corrected chi connectivity index (χ0v) is 19.7. The zero-order chi connectivity index (χ0) is 22.7. The Balaban J connectivity index is 1.52. The fourth-order valence-corrected chi connectivity index (χ4v) is 5.91. The van der Waals surface area contributed by atoms with E-state index < -0.39 is 10.0 Å². The summed E-state index contributed by atoms with van der Waals surface area (Å²) in [6.45, 7) is 5.39. The molecule has 0 spiro atoms. The van der Waals surface area contributed by atoms with E-state index in [0.717, 1.165) is 11.1 Å². The molecule has 1 saturated heterocycles. The maximum atomic E-state index is 12.5. The van der Waals surface area contributed by atoms with Crippen molar-refractivity contribution in [1.29, 1.82) is 0 Å². The number of piperidine rings is 1. The van der Waals surface area contributed by atoms with Gasteiger partial charge in [0, 0.05) is 48.5 Å². The van der Waals surface area contributed by atoms with Crippen LogP contribution in [0.4, 0.5) is 5.95 Å². The van der Waals surface area contributed by atoms with Gasteiger partial charge >= 0.3 is 0 Å². The number of pyridine rings is 1. The third-order valence-electron chi connectivity index (χ3n) is 5.67. The summed E-state index contributed by atoms with van der Waals surface area (Å²) in [5, 5.41) is 14.8. The Morgan fingerprint density at radius 3 is 2.94 bits per heavy atom. The maximum Gasteiger partial charge on any atom is 0.243 e. The summed E-state index contributed by atoms with van der Waals surface area (Å²) in [7, 11) is -3.27. The van der Waals surface area contributed by atoms with Gasteiger partial charge in [0.15, 0.2) is 11.4 Å². The van der Waals surface area contributed by atoms with Crippen molar-refractivity contribution in [1.82, 2.24) is 29.1 Å². The van der Waals surface area contributed by atoms with Crippen molar-refractivity contribution in [3.05, 3.63) is 24.7 Å². The van der Waals surface area contributed by atoms with Gasteiger partial charge < -0.3 is 10.1 Å². The summed E-state index contributed by atoms with van der Waals surface area (Å²) in [4.78, 5) is 4.68. The molecule has 0 unspecified atom stereocenters. The highest BCUT2D eigenvalue weighted by Gasteiger charge is 2.33. The first-order chi connectivity index (χ1) is 15.4. The number of aromatic amines is 1. The van der Waals surface area contributed by atoms with E-state index in [9.17, 15) is 8.42 Å². The van der Waals surface area contributed by atoms with E-state index in [0.29, 0.717) is 55.8 Å². The standard InChI is InChI=1S/C20H28ClN7O3S/c1-3-31-18-16(15-11-22-23-12-15)5-9-28-19(18)25-20(26-28)24-17-6-8-27(13-14(17)2)32(29,30)10-4-7-21/h5,9,11-12,14,17H,3-4,6-8,10,13H2,1-2H3,(H,22,23)(H,24,26)/t14-,17+/m1/s1. The van der Waals surface area contributed by atoms with Gasteiger partial charge in [-0.25, -0.2) is 17.2 Å². The molecule has 10 nitrogen and oxygen atoms in total. The molecule has 0 bridgehead atoms. The molecule has 2 N–H and O–H groups in total. The van der Waals surface area contributed by atoms with Crippen LogP contribution in [0, 0.1) is 5.92 Å². The van der Waals surface area contributed by atoms with E-state index in [1.165, 1.54) is 0 Å². The van der Waals surface area contributed by atoms with Crippen LogP contribution in [-0.4, -0.2) is 74.9 Å². The van der Waals surface area contributed by atoms with Crippen molar-refractivity contribution in [2.45, 2.75) is 32.7 Å². The molecule has 0 aromatic carbocycles. The molecule has 1 fully saturated rings. The number of fused-ring (bicyclic) bond motifs is 1. The van der Waals surface area contributed by atoms with Gasteiger partial charge in [0.05, 0.1) is 18.6 Å². The van der Waals surface area contributed by atoms with Crippen LogP contribution in [0.15, 0.2) is 24.7 Å². The molecule has 32 heavy (non-hydrogen) atoms. The summed E-state index contributed by atoms with van der Waals surface area (Å²) in [5.74, 6) is 1.68. The van der Waals surface area contributed by atoms with E-state index in [-0.39, 0.29) is 17.7 Å². The average molecular weight is 482 g/mol. The van der Waals surface area contributed by atoms with Crippen molar-refractivity contribution in [2.24, 2.45) is 5.92 Å². The van der Waals surface area contributed by atoms with E-state index in [2.05, 4.69) is 25.6 Å². The van der Waals surface area contributed by atoms with Crippen LogP contribution in [0.3, 0.4) is 0 Å². The smallest absolute Gasteiger partial charge is 0.243 e. The fraction of sp³-hybridized carbons (Fsp3) is 0.550. The second-order valence-electron chi connectivity index (χ2n) is 7.92. The molecule has 1 aliphatic rings. The highest BCUT2D eigenvalue weighted by atomic mass is 35.5. The topological polar surface area (TPSA) is 118 Å². The van der Waals surface area contributed by atoms with Crippen molar-refractivity contribution in [3.63, 3.8) is 0 Å². The number of rotatable bonds is 9. The van der Waals surface area contributed by atoms with Crippen LogP contribution in [0.25, 0.3) is 16.8 Å². The van der Waals surface area contributed by atoms with Gasteiger partial charge in [0.1, 0.15) is 0 Å². The highest BCUT2D eigenvalue weighted by molar-refractivity contribution is 7.89. The second kappa shape index (κ2) is 9.63. The first-order valence-corrected chi connectivity index (χ1v) is 12.9. The summed E-state index contributed by atoms with van der Waals surface area (Å²) >= 11 is 5.67. The number of hydrogen-bond donors (Lipinski definition) is 2. The van der Waals surface area contributed by atoms with Crippen molar-refractivity contribution >= 4 is 33.2 Å². The zero-order valence-electron chi connectivity index (χ0n) is 18.2. The second-order valence-corrected chi connectivity index (χ2v) is 10.4. The van der Waals surface area contributed by atoms with Crippen LogP contribution in [0.2, 0.25) is 0 Å². The fourth-order valence-electron chi connectivity index (χ4n) is 4.00. The van der Waals surface area contributed by atoms with Gasteiger partial charge in [0.2, 0.25) is 16.0 Å². The number of H-pyrrole nitrogens is 1. The van der Waals surface area contributed by atoms with Gasteiger partial charge in [-0.2, -0.15) is 10.1 Å². The Morgan fingerprint density at radius 2 is 2.25 bits per heavy atom. The van der Waals surface area contributed by atoms with E-state index in [1.54, 1.807) is 21.2 Å². The minimum absolute atomic E-state index is 0.0655. The van der Waals surface area contributed by atoms with E-state index in [1.807, 2.05) is 26.1 Å². The van der Waals surface area contributed by atoms with E-state index in [4.69, 9.17) is 16.3 Å². The summed E-state index contributed by atoms with van der Waals surface area (Å²) in [5.41, 5.74) is 2.41. The quantitative estimate of drug-likeness (QED) is 0.451. The molecular formula is C20H28ClN7O3S. The molecule has 3 aromatic rings. The number of anilines is 1. The molecule has 0 aliphatic carbocycles. The number of nitrogens with zero attached hydrogens (tertiary/aromatic N) is 5. The molecule has 174 valence electrons.